The molecule has 1 amide bonds. The quantitative estimate of drug-likeness (QED) is 0.732. The second-order valence-corrected chi connectivity index (χ2v) is 7.72. The number of hydrogen-bond donors (Lipinski definition) is 1. The Balaban J connectivity index is 1.59. The molecule has 0 aliphatic carbocycles. The molecule has 2 aromatic carbocycles. The molecule has 1 aliphatic rings. The Labute approximate surface area is 174 Å². The molecule has 156 valence electrons. The maximum absolute atomic E-state index is 12.4. The Hall–Kier alpha value is -2.53. The molecule has 0 unspecified atom stereocenters. The van der Waals surface area contributed by atoms with Crippen LogP contribution in [-0.4, -0.2) is 44.2 Å². The smallest absolute Gasteiger partial charge is 0.258 e. The number of nitrogens with zero attached hydrogens (tertiary/aromatic N) is 1. The van der Waals surface area contributed by atoms with Crippen molar-refractivity contribution in [3.05, 3.63) is 59.2 Å². The molecule has 1 heterocycles. The van der Waals surface area contributed by atoms with Crippen molar-refractivity contribution in [3.63, 3.8) is 0 Å². The van der Waals surface area contributed by atoms with Gasteiger partial charge in [-0.05, 0) is 80.7 Å². The third kappa shape index (κ3) is 5.97. The first-order valence-electron chi connectivity index (χ1n) is 10.4. The molecule has 0 spiro atoms. The molecule has 1 saturated heterocycles. The van der Waals surface area contributed by atoms with Gasteiger partial charge < -0.3 is 14.8 Å². The zero-order valence-corrected chi connectivity index (χ0v) is 17.7. The Morgan fingerprint density at radius 2 is 1.69 bits per heavy atom. The highest BCUT2D eigenvalue weighted by Crippen LogP contribution is 2.26. The zero-order chi connectivity index (χ0) is 20.6. The fourth-order valence-corrected chi connectivity index (χ4v) is 3.73. The van der Waals surface area contributed by atoms with Gasteiger partial charge in [-0.1, -0.05) is 24.6 Å². The van der Waals surface area contributed by atoms with Gasteiger partial charge in [-0.2, -0.15) is 0 Å². The number of methoxy groups -OCH3 is 1. The average molecular weight is 397 g/mol. The molecule has 3 rings (SSSR count). The largest absolute Gasteiger partial charge is 0.497 e. The molecular formula is C24H32N2O3. The highest BCUT2D eigenvalue weighted by molar-refractivity contribution is 5.77. The number of amides is 1. The maximum Gasteiger partial charge on any atom is 0.258 e. The number of carbonyl (C=O) groups is 1. The van der Waals surface area contributed by atoms with Crippen LogP contribution in [0.25, 0.3) is 0 Å². The first-order chi connectivity index (χ1) is 14.1. The number of benzene rings is 2. The molecule has 0 bridgehead atoms. The van der Waals surface area contributed by atoms with E-state index in [0.717, 1.165) is 30.2 Å². The van der Waals surface area contributed by atoms with Crippen LogP contribution in [0.4, 0.5) is 0 Å². The van der Waals surface area contributed by atoms with Crippen molar-refractivity contribution in [2.75, 3.05) is 33.4 Å². The van der Waals surface area contributed by atoms with E-state index in [-0.39, 0.29) is 18.6 Å². The lowest BCUT2D eigenvalue weighted by Gasteiger charge is -2.35. The first-order valence-corrected chi connectivity index (χ1v) is 10.4. The van der Waals surface area contributed by atoms with Crippen molar-refractivity contribution in [2.24, 2.45) is 0 Å². The standard InChI is InChI=1S/C24H32N2O3/c1-18-7-10-22(15-19(18)2)29-17-24(27)25-16-23(26-13-5-4-6-14-26)20-8-11-21(28-3)12-9-20/h7-12,15,23H,4-6,13-14,16-17H2,1-3H3,(H,25,27)/t23-/m1/s1. The van der Waals surface area contributed by atoms with E-state index in [0.29, 0.717) is 6.54 Å². The van der Waals surface area contributed by atoms with E-state index in [1.807, 2.05) is 37.3 Å². The highest BCUT2D eigenvalue weighted by Gasteiger charge is 2.23. The molecule has 5 nitrogen and oxygen atoms in total. The minimum absolute atomic E-state index is 0.0256. The van der Waals surface area contributed by atoms with E-state index in [1.165, 1.54) is 30.4 Å². The number of aryl methyl sites for hydroxylation is 2. The summed E-state index contributed by atoms with van der Waals surface area (Å²) in [6.07, 6.45) is 3.69. The summed E-state index contributed by atoms with van der Waals surface area (Å²) in [6, 6.07) is 14.2. The van der Waals surface area contributed by atoms with E-state index in [1.54, 1.807) is 7.11 Å². The summed E-state index contributed by atoms with van der Waals surface area (Å²) in [5.74, 6) is 1.47. The van der Waals surface area contributed by atoms with Gasteiger partial charge >= 0.3 is 0 Å². The van der Waals surface area contributed by atoms with Gasteiger partial charge in [-0.25, -0.2) is 0 Å². The monoisotopic (exact) mass is 396 g/mol. The predicted molar refractivity (Wildman–Crippen MR) is 116 cm³/mol. The molecule has 1 atom stereocenters. The van der Waals surface area contributed by atoms with Gasteiger partial charge in [0.05, 0.1) is 13.2 Å². The van der Waals surface area contributed by atoms with Crippen molar-refractivity contribution in [1.29, 1.82) is 0 Å². The topological polar surface area (TPSA) is 50.8 Å². The summed E-state index contributed by atoms with van der Waals surface area (Å²) in [6.45, 7) is 6.82. The van der Waals surface area contributed by atoms with Gasteiger partial charge in [0.15, 0.2) is 6.61 Å². The molecule has 0 aromatic heterocycles. The third-order valence-corrected chi connectivity index (χ3v) is 5.67. The number of likely N-dealkylation sites (tertiary alicyclic amines) is 1. The summed E-state index contributed by atoms with van der Waals surface area (Å²) in [5.41, 5.74) is 3.57. The molecule has 2 aromatic rings. The molecule has 0 saturated carbocycles. The summed E-state index contributed by atoms with van der Waals surface area (Å²) in [5, 5.41) is 3.07. The summed E-state index contributed by atoms with van der Waals surface area (Å²) in [7, 11) is 1.67. The van der Waals surface area contributed by atoms with Crippen LogP contribution in [0.5, 0.6) is 11.5 Å². The Kier molecular flexibility index (Phi) is 7.53. The van der Waals surface area contributed by atoms with Crippen molar-refractivity contribution in [1.82, 2.24) is 10.2 Å². The van der Waals surface area contributed by atoms with Crippen LogP contribution in [0.15, 0.2) is 42.5 Å². The fraction of sp³-hybridized carbons (Fsp3) is 0.458. The molecule has 1 fully saturated rings. The third-order valence-electron chi connectivity index (χ3n) is 5.67. The molecule has 5 heteroatoms. The van der Waals surface area contributed by atoms with Gasteiger partial charge in [-0.3, -0.25) is 9.69 Å². The van der Waals surface area contributed by atoms with Gasteiger partial charge in [0.25, 0.3) is 5.91 Å². The highest BCUT2D eigenvalue weighted by atomic mass is 16.5. The normalized spacial score (nSPS) is 15.6. The molecule has 1 N–H and O–H groups in total. The van der Waals surface area contributed by atoms with Crippen LogP contribution < -0.4 is 14.8 Å². The number of piperidine rings is 1. The van der Waals surface area contributed by atoms with Crippen molar-refractivity contribution in [3.8, 4) is 11.5 Å². The van der Waals surface area contributed by atoms with Crippen LogP contribution >= 0.6 is 0 Å². The average Bonchev–Trinajstić information content (AvgIpc) is 2.76. The van der Waals surface area contributed by atoms with Gasteiger partial charge in [0.2, 0.25) is 0 Å². The van der Waals surface area contributed by atoms with Gasteiger partial charge in [-0.15, -0.1) is 0 Å². The van der Waals surface area contributed by atoms with Crippen LogP contribution in [-0.2, 0) is 4.79 Å². The van der Waals surface area contributed by atoms with E-state index in [9.17, 15) is 4.79 Å². The maximum atomic E-state index is 12.4. The molecular weight excluding hydrogens is 364 g/mol. The second-order valence-electron chi connectivity index (χ2n) is 7.72. The van der Waals surface area contributed by atoms with Crippen LogP contribution in [0, 0.1) is 13.8 Å². The fourth-order valence-electron chi connectivity index (χ4n) is 3.73. The summed E-state index contributed by atoms with van der Waals surface area (Å²) < 4.78 is 11.0. The number of rotatable bonds is 8. The molecule has 29 heavy (non-hydrogen) atoms. The van der Waals surface area contributed by atoms with E-state index >= 15 is 0 Å². The lowest BCUT2D eigenvalue weighted by molar-refractivity contribution is -0.123. The van der Waals surface area contributed by atoms with Crippen molar-refractivity contribution >= 4 is 5.91 Å². The van der Waals surface area contributed by atoms with Crippen molar-refractivity contribution in [2.45, 2.75) is 39.2 Å². The zero-order valence-electron chi connectivity index (χ0n) is 17.7. The minimum Gasteiger partial charge on any atom is -0.497 e. The van der Waals surface area contributed by atoms with Crippen LogP contribution in [0.1, 0.15) is 42.0 Å². The summed E-state index contributed by atoms with van der Waals surface area (Å²) in [4.78, 5) is 14.9. The minimum atomic E-state index is -0.0984. The summed E-state index contributed by atoms with van der Waals surface area (Å²) >= 11 is 0. The lowest BCUT2D eigenvalue weighted by Crippen LogP contribution is -2.41. The Morgan fingerprint density at radius 1 is 1.00 bits per heavy atom. The van der Waals surface area contributed by atoms with Crippen LogP contribution in [0.3, 0.4) is 0 Å². The van der Waals surface area contributed by atoms with Gasteiger partial charge in [0.1, 0.15) is 11.5 Å². The predicted octanol–water partition coefficient (Wildman–Crippen LogP) is 4.03. The molecule has 1 aliphatic heterocycles. The van der Waals surface area contributed by atoms with Gasteiger partial charge in [0, 0.05) is 6.54 Å². The number of hydrogen-bond acceptors (Lipinski definition) is 4. The van der Waals surface area contributed by atoms with E-state index in [4.69, 9.17) is 9.47 Å². The van der Waals surface area contributed by atoms with E-state index < -0.39 is 0 Å². The van der Waals surface area contributed by atoms with E-state index in [2.05, 4.69) is 29.3 Å². The second kappa shape index (κ2) is 10.3. The first kappa shape index (κ1) is 21.2. The van der Waals surface area contributed by atoms with Crippen LogP contribution in [0.2, 0.25) is 0 Å². The Bertz CT molecular complexity index is 798. The van der Waals surface area contributed by atoms with Crippen molar-refractivity contribution < 1.29 is 14.3 Å². The molecule has 0 radical (unpaired) electrons. The number of nitrogens with one attached hydrogen (secondary N) is 1. The number of carbonyl (C=O) groups excluding carboxylic acids is 1. The Morgan fingerprint density at radius 3 is 2.34 bits per heavy atom. The lowest BCUT2D eigenvalue weighted by atomic mass is 10.0. The SMILES string of the molecule is COc1ccc([C@@H](CNC(=O)COc2ccc(C)c(C)c2)N2CCCCC2)cc1. The number of ether oxygens (including phenoxy) is 2.